The van der Waals surface area contributed by atoms with Gasteiger partial charge in [-0.05, 0) is 25.0 Å². The molecule has 1 aromatic carbocycles. The van der Waals surface area contributed by atoms with Crippen molar-refractivity contribution in [1.82, 2.24) is 4.90 Å². The van der Waals surface area contributed by atoms with Crippen LogP contribution in [0.1, 0.15) is 26.2 Å². The van der Waals surface area contributed by atoms with Crippen LogP contribution in [0, 0.1) is 17.2 Å². The summed E-state index contributed by atoms with van der Waals surface area (Å²) in [6.45, 7) is 2.86. The molecule has 0 aliphatic carbocycles. The maximum absolute atomic E-state index is 12.2. The number of ether oxygens (including phenoxy) is 1. The van der Waals surface area contributed by atoms with Gasteiger partial charge in [-0.2, -0.15) is 5.26 Å². The average Bonchev–Trinajstić information content (AvgIpc) is 2.60. The first-order chi connectivity index (χ1) is 11.1. The summed E-state index contributed by atoms with van der Waals surface area (Å²) in [5.41, 5.74) is 0.643. The molecule has 0 bridgehead atoms. The minimum atomic E-state index is -0.118. The van der Waals surface area contributed by atoms with Crippen LogP contribution in [0.4, 0.5) is 5.69 Å². The van der Waals surface area contributed by atoms with Crippen molar-refractivity contribution in [3.05, 3.63) is 24.3 Å². The molecule has 1 aromatic rings. The van der Waals surface area contributed by atoms with Gasteiger partial charge in [-0.25, -0.2) is 0 Å². The quantitative estimate of drug-likeness (QED) is 0.903. The molecule has 1 saturated heterocycles. The molecule has 1 unspecified atom stereocenters. The number of nitrogens with one attached hydrogen (secondary N) is 1. The molecule has 1 atom stereocenters. The predicted molar refractivity (Wildman–Crippen MR) is 85.8 cm³/mol. The molecule has 1 fully saturated rings. The fourth-order valence-corrected chi connectivity index (χ4v) is 2.46. The summed E-state index contributed by atoms with van der Waals surface area (Å²) < 4.78 is 5.52. The van der Waals surface area contributed by atoms with Gasteiger partial charge < -0.3 is 15.0 Å². The zero-order valence-electron chi connectivity index (χ0n) is 13.2. The lowest BCUT2D eigenvalue weighted by molar-refractivity contribution is -0.134. The Morgan fingerprint density at radius 3 is 3.04 bits per heavy atom. The van der Waals surface area contributed by atoms with Crippen molar-refractivity contribution in [3.8, 4) is 11.8 Å². The number of rotatable bonds is 5. The highest BCUT2D eigenvalue weighted by Crippen LogP contribution is 2.19. The number of hydrogen-bond donors (Lipinski definition) is 1. The lowest BCUT2D eigenvalue weighted by Crippen LogP contribution is -2.41. The van der Waals surface area contributed by atoms with Gasteiger partial charge in [-0.1, -0.05) is 13.0 Å². The first kappa shape index (κ1) is 16.8. The molecule has 23 heavy (non-hydrogen) atoms. The largest absolute Gasteiger partial charge is 0.484 e. The Morgan fingerprint density at radius 1 is 1.48 bits per heavy atom. The second-order valence-corrected chi connectivity index (χ2v) is 5.53. The van der Waals surface area contributed by atoms with E-state index in [9.17, 15) is 9.59 Å². The number of amides is 2. The molecule has 1 heterocycles. The van der Waals surface area contributed by atoms with Crippen LogP contribution >= 0.6 is 0 Å². The Balaban J connectivity index is 1.88. The summed E-state index contributed by atoms with van der Waals surface area (Å²) in [7, 11) is 0. The maximum atomic E-state index is 12.2. The van der Waals surface area contributed by atoms with E-state index in [2.05, 4.69) is 11.4 Å². The van der Waals surface area contributed by atoms with Crippen LogP contribution in [0.2, 0.25) is 0 Å². The van der Waals surface area contributed by atoms with E-state index in [0.29, 0.717) is 30.9 Å². The van der Waals surface area contributed by atoms with Gasteiger partial charge in [0.2, 0.25) is 5.91 Å². The van der Waals surface area contributed by atoms with Gasteiger partial charge in [-0.15, -0.1) is 0 Å². The third-order valence-corrected chi connectivity index (χ3v) is 3.76. The predicted octanol–water partition coefficient (Wildman–Crippen LogP) is 2.18. The molecule has 2 amide bonds. The van der Waals surface area contributed by atoms with E-state index in [4.69, 9.17) is 10.00 Å². The van der Waals surface area contributed by atoms with E-state index >= 15 is 0 Å². The van der Waals surface area contributed by atoms with E-state index in [1.165, 1.54) is 0 Å². The second-order valence-electron chi connectivity index (χ2n) is 5.53. The molecule has 0 aromatic heterocycles. The molecule has 0 radical (unpaired) electrons. The number of nitriles is 1. The van der Waals surface area contributed by atoms with Crippen LogP contribution in [0.15, 0.2) is 24.3 Å². The Hall–Kier alpha value is -2.55. The SMILES string of the molecule is CCC(=O)Nc1cccc(OCC(=O)N2CCCC(C#N)C2)c1. The number of carbonyl (C=O) groups is 2. The lowest BCUT2D eigenvalue weighted by atomic mass is 10.00. The van der Waals surface area contributed by atoms with Crippen LogP contribution in [-0.2, 0) is 9.59 Å². The zero-order chi connectivity index (χ0) is 16.7. The Labute approximate surface area is 136 Å². The van der Waals surface area contributed by atoms with Crippen LogP contribution in [0.25, 0.3) is 0 Å². The normalized spacial score (nSPS) is 17.2. The third kappa shape index (κ3) is 4.99. The molecular weight excluding hydrogens is 294 g/mol. The molecule has 6 nitrogen and oxygen atoms in total. The smallest absolute Gasteiger partial charge is 0.260 e. The summed E-state index contributed by atoms with van der Waals surface area (Å²) in [6, 6.07) is 9.18. The van der Waals surface area contributed by atoms with E-state index in [1.807, 2.05) is 0 Å². The van der Waals surface area contributed by atoms with E-state index in [1.54, 1.807) is 36.1 Å². The number of nitrogens with zero attached hydrogens (tertiary/aromatic N) is 2. The van der Waals surface area contributed by atoms with E-state index < -0.39 is 0 Å². The molecule has 6 heteroatoms. The van der Waals surface area contributed by atoms with Crippen molar-refractivity contribution < 1.29 is 14.3 Å². The van der Waals surface area contributed by atoms with Crippen molar-refractivity contribution in [1.29, 1.82) is 5.26 Å². The van der Waals surface area contributed by atoms with Gasteiger partial charge in [0.1, 0.15) is 5.75 Å². The Kier molecular flexibility index (Phi) is 5.98. The van der Waals surface area contributed by atoms with Crippen molar-refractivity contribution in [2.45, 2.75) is 26.2 Å². The average molecular weight is 315 g/mol. The molecule has 0 spiro atoms. The number of anilines is 1. The van der Waals surface area contributed by atoms with Gasteiger partial charge in [-0.3, -0.25) is 9.59 Å². The van der Waals surface area contributed by atoms with Gasteiger partial charge in [0.15, 0.2) is 6.61 Å². The van der Waals surface area contributed by atoms with Crippen molar-refractivity contribution in [2.75, 3.05) is 25.0 Å². The second kappa shape index (κ2) is 8.18. The maximum Gasteiger partial charge on any atom is 0.260 e. The van der Waals surface area contributed by atoms with Crippen LogP contribution < -0.4 is 10.1 Å². The lowest BCUT2D eigenvalue weighted by Gasteiger charge is -2.29. The number of likely N-dealkylation sites (tertiary alicyclic amines) is 1. The van der Waals surface area contributed by atoms with Gasteiger partial charge in [0, 0.05) is 31.3 Å². The van der Waals surface area contributed by atoms with Gasteiger partial charge >= 0.3 is 0 Å². The summed E-state index contributed by atoms with van der Waals surface area (Å²) >= 11 is 0. The molecule has 0 saturated carbocycles. The van der Waals surface area contributed by atoms with Gasteiger partial charge in [0.25, 0.3) is 5.91 Å². The van der Waals surface area contributed by atoms with E-state index in [0.717, 1.165) is 12.8 Å². The molecule has 1 aliphatic rings. The van der Waals surface area contributed by atoms with Crippen LogP contribution in [-0.4, -0.2) is 36.4 Å². The molecule has 122 valence electrons. The third-order valence-electron chi connectivity index (χ3n) is 3.76. The number of piperidine rings is 1. The topological polar surface area (TPSA) is 82.4 Å². The number of benzene rings is 1. The zero-order valence-corrected chi connectivity index (χ0v) is 13.2. The van der Waals surface area contributed by atoms with Crippen molar-refractivity contribution >= 4 is 17.5 Å². The summed E-state index contributed by atoms with van der Waals surface area (Å²) in [5.74, 6) is 0.253. The molecular formula is C17H21N3O3. The number of carbonyl (C=O) groups excluding carboxylic acids is 2. The Bertz CT molecular complexity index is 609. The number of hydrogen-bond acceptors (Lipinski definition) is 4. The Morgan fingerprint density at radius 2 is 2.30 bits per heavy atom. The minimum absolute atomic E-state index is 0.0661. The highest BCUT2D eigenvalue weighted by Gasteiger charge is 2.23. The molecule has 1 N–H and O–H groups in total. The monoisotopic (exact) mass is 315 g/mol. The minimum Gasteiger partial charge on any atom is -0.484 e. The van der Waals surface area contributed by atoms with Crippen LogP contribution in [0.3, 0.4) is 0 Å². The van der Waals surface area contributed by atoms with Crippen LogP contribution in [0.5, 0.6) is 5.75 Å². The van der Waals surface area contributed by atoms with Crippen molar-refractivity contribution in [3.63, 3.8) is 0 Å². The fraction of sp³-hybridized carbons (Fsp3) is 0.471. The fourth-order valence-electron chi connectivity index (χ4n) is 2.46. The molecule has 1 aliphatic heterocycles. The highest BCUT2D eigenvalue weighted by molar-refractivity contribution is 5.90. The highest BCUT2D eigenvalue weighted by atomic mass is 16.5. The molecule has 2 rings (SSSR count). The van der Waals surface area contributed by atoms with E-state index in [-0.39, 0.29) is 24.3 Å². The summed E-state index contributed by atoms with van der Waals surface area (Å²) in [4.78, 5) is 25.2. The van der Waals surface area contributed by atoms with Gasteiger partial charge in [0.05, 0.1) is 12.0 Å². The van der Waals surface area contributed by atoms with Crippen molar-refractivity contribution in [2.24, 2.45) is 5.92 Å². The summed E-state index contributed by atoms with van der Waals surface area (Å²) in [5, 5.41) is 11.7. The first-order valence-corrected chi connectivity index (χ1v) is 7.82. The summed E-state index contributed by atoms with van der Waals surface area (Å²) in [6.07, 6.45) is 2.10. The standard InChI is InChI=1S/C17H21N3O3/c1-2-16(21)19-14-6-3-7-15(9-14)23-12-17(22)20-8-4-5-13(10-18)11-20/h3,6-7,9,13H,2,4-5,8,11-12H2,1H3,(H,19,21). The first-order valence-electron chi connectivity index (χ1n) is 7.82.